The van der Waals surface area contributed by atoms with Crippen LogP contribution in [0.4, 0.5) is 10.1 Å². The number of nitriles is 1. The van der Waals surface area contributed by atoms with Crippen LogP contribution in [0.3, 0.4) is 0 Å². The first kappa shape index (κ1) is 39.7. The Bertz CT molecular complexity index is 2490. The van der Waals surface area contributed by atoms with Crippen molar-refractivity contribution in [1.82, 2.24) is 20.0 Å². The van der Waals surface area contributed by atoms with Gasteiger partial charge in [-0.15, -0.1) is 0 Å². The molecule has 3 saturated heterocycles. The van der Waals surface area contributed by atoms with E-state index in [1.165, 1.54) is 6.07 Å². The Balaban J connectivity index is 0.786. The first-order chi connectivity index (χ1) is 28.6. The molecule has 0 bridgehead atoms. The predicted octanol–water partition coefficient (Wildman–Crippen LogP) is 5.54. The van der Waals surface area contributed by atoms with Gasteiger partial charge in [0.15, 0.2) is 0 Å². The summed E-state index contributed by atoms with van der Waals surface area (Å²) in [5.74, 6) is 4.53. The first-order valence-corrected chi connectivity index (χ1v) is 20.8. The molecule has 5 aliphatic heterocycles. The first-order valence-electron chi connectivity index (χ1n) is 20.4. The number of anilines is 1. The molecule has 3 aromatic carbocycles. The van der Waals surface area contributed by atoms with Crippen molar-refractivity contribution in [3.63, 3.8) is 0 Å². The molecule has 308 valence electrons. The molecule has 1 aliphatic carbocycles. The van der Waals surface area contributed by atoms with Gasteiger partial charge >= 0.3 is 0 Å². The fourth-order valence-electron chi connectivity index (χ4n) is 10.8. The fraction of sp³-hybridized carbons (Fsp3) is 0.435. The summed E-state index contributed by atoms with van der Waals surface area (Å²) in [6.45, 7) is 11.8. The third-order valence-electron chi connectivity index (χ3n) is 13.5. The molecular formula is C46H44ClFN6O6. The highest BCUT2D eigenvalue weighted by atomic mass is 35.5. The van der Waals surface area contributed by atoms with Crippen LogP contribution in [0.5, 0.6) is 5.75 Å². The molecule has 1 atom stereocenters. The van der Waals surface area contributed by atoms with E-state index in [4.69, 9.17) is 16.3 Å². The molecule has 9 rings (SSSR count). The van der Waals surface area contributed by atoms with E-state index < -0.39 is 35.5 Å². The van der Waals surface area contributed by atoms with Crippen LogP contribution in [0.2, 0.25) is 5.02 Å². The van der Waals surface area contributed by atoms with Crippen molar-refractivity contribution in [2.75, 3.05) is 31.1 Å². The van der Waals surface area contributed by atoms with Crippen LogP contribution in [0.15, 0.2) is 48.5 Å². The summed E-state index contributed by atoms with van der Waals surface area (Å²) in [5, 5.41) is 11.8. The molecule has 1 unspecified atom stereocenters. The maximum absolute atomic E-state index is 15.4. The number of likely N-dealkylation sites (tertiary alicyclic amines) is 1. The van der Waals surface area contributed by atoms with Crippen LogP contribution in [0.1, 0.15) is 101 Å². The second-order valence-electron chi connectivity index (χ2n) is 18.0. The van der Waals surface area contributed by atoms with E-state index in [1.54, 1.807) is 18.2 Å². The number of nitrogens with one attached hydrogen (secondary N) is 1. The minimum Gasteiger partial charge on any atom is -0.489 e. The average molecular weight is 831 g/mol. The molecule has 5 heterocycles. The summed E-state index contributed by atoms with van der Waals surface area (Å²) in [5.41, 5.74) is 2.46. The molecule has 12 nitrogen and oxygen atoms in total. The van der Waals surface area contributed by atoms with E-state index in [0.29, 0.717) is 41.5 Å². The number of halogens is 2. The van der Waals surface area contributed by atoms with E-state index in [2.05, 4.69) is 55.8 Å². The molecule has 4 fully saturated rings. The van der Waals surface area contributed by atoms with Crippen LogP contribution < -0.4 is 15.0 Å². The van der Waals surface area contributed by atoms with Gasteiger partial charge in [0.05, 0.1) is 27.4 Å². The number of hydrogen-bond donors (Lipinski definition) is 1. The van der Waals surface area contributed by atoms with Gasteiger partial charge in [-0.05, 0) is 80.4 Å². The van der Waals surface area contributed by atoms with Crippen LogP contribution >= 0.6 is 11.6 Å². The predicted molar refractivity (Wildman–Crippen MR) is 218 cm³/mol. The number of hydrogen-bond acceptors (Lipinski definition) is 9. The van der Waals surface area contributed by atoms with Crippen LogP contribution in [-0.4, -0.2) is 94.6 Å². The highest BCUT2D eigenvalue weighted by molar-refractivity contribution is 6.31. The number of carbonyl (C=O) groups is 5. The van der Waals surface area contributed by atoms with Crippen molar-refractivity contribution in [1.29, 1.82) is 5.26 Å². The number of imide groups is 2. The van der Waals surface area contributed by atoms with Crippen LogP contribution in [0, 0.1) is 45.7 Å². The van der Waals surface area contributed by atoms with Gasteiger partial charge < -0.3 is 14.5 Å². The summed E-state index contributed by atoms with van der Waals surface area (Å²) in [6, 6.07) is 14.6. The zero-order valence-electron chi connectivity index (χ0n) is 33.8. The number of carbonyl (C=O) groups excluding carboxylic acids is 5. The number of piperidine rings is 2. The summed E-state index contributed by atoms with van der Waals surface area (Å²) >= 11 is 6.29. The van der Waals surface area contributed by atoms with Gasteiger partial charge in [0.25, 0.3) is 17.7 Å². The van der Waals surface area contributed by atoms with E-state index >= 15 is 4.39 Å². The third-order valence-corrected chi connectivity index (χ3v) is 13.8. The molecule has 1 N–H and O–H groups in total. The topological polar surface area (TPSA) is 143 Å². The van der Waals surface area contributed by atoms with Crippen LogP contribution in [0.25, 0.3) is 0 Å². The molecule has 1 saturated carbocycles. The third kappa shape index (κ3) is 6.41. The second kappa shape index (κ2) is 14.5. The van der Waals surface area contributed by atoms with E-state index in [-0.39, 0.29) is 70.5 Å². The SMILES string of the molecule is CC1(C)[C@H](Oc2ccc(C#N)c(Cl)c2)C(C)(C)[C@H]1N1Cc2cc(C#CC3CCN(C4CN(c5cc6c(cc5F)C(=O)N(C5CCC(=O)NC5=O)C6=O)C4)CC3)ccc2C1=O. The number of rotatable bonds is 6. The summed E-state index contributed by atoms with van der Waals surface area (Å²) < 4.78 is 21.9. The lowest BCUT2D eigenvalue weighted by atomic mass is 9.49. The van der Waals surface area contributed by atoms with Gasteiger partial charge in [-0.25, -0.2) is 4.39 Å². The summed E-state index contributed by atoms with van der Waals surface area (Å²) in [6.07, 6.45) is 1.64. The van der Waals surface area contributed by atoms with E-state index in [0.717, 1.165) is 48.0 Å². The molecule has 14 heteroatoms. The quantitative estimate of drug-likeness (QED) is 0.250. The Labute approximate surface area is 352 Å². The number of fused-ring (bicyclic) bond motifs is 2. The smallest absolute Gasteiger partial charge is 0.262 e. The highest BCUT2D eigenvalue weighted by Gasteiger charge is 2.67. The molecule has 0 aromatic heterocycles. The van der Waals surface area contributed by atoms with Gasteiger partial charge in [-0.2, -0.15) is 5.26 Å². The lowest BCUT2D eigenvalue weighted by molar-refractivity contribution is -0.199. The number of amides is 5. The van der Waals surface area contributed by atoms with Crippen molar-refractivity contribution in [2.24, 2.45) is 16.7 Å². The molecular weight excluding hydrogens is 787 g/mol. The Morgan fingerprint density at radius 2 is 1.57 bits per heavy atom. The maximum Gasteiger partial charge on any atom is 0.262 e. The van der Waals surface area contributed by atoms with Gasteiger partial charge in [-0.3, -0.25) is 39.1 Å². The Morgan fingerprint density at radius 1 is 0.867 bits per heavy atom. The average Bonchev–Trinajstić information content (AvgIpc) is 3.62. The normalized spacial score (nSPS) is 24.9. The molecule has 60 heavy (non-hydrogen) atoms. The number of benzene rings is 3. The molecule has 0 radical (unpaired) electrons. The van der Waals surface area contributed by atoms with Crippen molar-refractivity contribution in [3.05, 3.63) is 92.8 Å². The second-order valence-corrected chi connectivity index (χ2v) is 18.4. The largest absolute Gasteiger partial charge is 0.489 e. The van der Waals surface area contributed by atoms with E-state index in [9.17, 15) is 29.2 Å². The van der Waals surface area contributed by atoms with E-state index in [1.807, 2.05) is 28.0 Å². The van der Waals surface area contributed by atoms with Gasteiger partial charge in [-0.1, -0.05) is 51.1 Å². The van der Waals surface area contributed by atoms with Gasteiger partial charge in [0.1, 0.15) is 29.8 Å². The lowest BCUT2D eigenvalue weighted by Crippen LogP contribution is -2.74. The highest BCUT2D eigenvalue weighted by Crippen LogP contribution is 2.59. The Kier molecular flexibility index (Phi) is 9.56. The number of ether oxygens (including phenoxy) is 1. The standard InChI is InChI=1S/C46H44ClFN6O6/c1-45(2)43(46(3,4)44(45)60-30-9-8-27(21-49)34(47)18-30)53-22-28-17-26(7-10-31(28)40(53)57)6-5-25-13-15-51(16-14-25)29-23-52(24-29)37-20-33-32(19-35(37)48)41(58)54(42(33)59)36-11-12-38(55)50-39(36)56/h7-10,17-20,25,29,36,43-44H,11-16,22-24H2,1-4H3,(H,50,55,56)/t36?,43-,44-. The zero-order chi connectivity index (χ0) is 42.4. The summed E-state index contributed by atoms with van der Waals surface area (Å²) in [4.78, 5) is 71.3. The Hall–Kier alpha value is -5.76. The molecule has 6 aliphatic rings. The van der Waals surface area contributed by atoms with Crippen LogP contribution in [-0.2, 0) is 16.1 Å². The van der Waals surface area contributed by atoms with Gasteiger partial charge in [0.2, 0.25) is 11.8 Å². The Morgan fingerprint density at radius 3 is 2.23 bits per heavy atom. The minimum atomic E-state index is -1.11. The fourth-order valence-corrected chi connectivity index (χ4v) is 11.1. The monoisotopic (exact) mass is 830 g/mol. The number of nitrogens with zero attached hydrogens (tertiary/aromatic N) is 5. The molecule has 3 aromatic rings. The molecule has 0 spiro atoms. The van der Waals surface area contributed by atoms with Crippen molar-refractivity contribution in [2.45, 2.75) is 84.2 Å². The zero-order valence-corrected chi connectivity index (χ0v) is 34.6. The van der Waals surface area contributed by atoms with Gasteiger partial charge in [0, 0.05) is 72.1 Å². The lowest BCUT2D eigenvalue weighted by Gasteiger charge is -2.65. The molecule has 5 amide bonds. The van der Waals surface area contributed by atoms with Crippen molar-refractivity contribution in [3.8, 4) is 23.7 Å². The van der Waals surface area contributed by atoms with Crippen molar-refractivity contribution < 1.29 is 33.1 Å². The summed E-state index contributed by atoms with van der Waals surface area (Å²) in [7, 11) is 0. The minimum absolute atomic E-state index is 0.0105. The van der Waals surface area contributed by atoms with Crippen molar-refractivity contribution >= 4 is 46.8 Å². The maximum atomic E-state index is 15.4.